The quantitative estimate of drug-likeness (QED) is 0.319. The molecule has 42 heavy (non-hydrogen) atoms. The van der Waals surface area contributed by atoms with Crippen LogP contribution in [0.15, 0.2) is 46.9 Å². The van der Waals surface area contributed by atoms with Crippen LogP contribution in [0.4, 0.5) is 4.79 Å². The fourth-order valence-corrected chi connectivity index (χ4v) is 7.94. The molecule has 2 aromatic heterocycles. The minimum atomic E-state index is -3.77. The molecule has 0 saturated carbocycles. The maximum absolute atomic E-state index is 12.8. The molecule has 0 bridgehead atoms. The van der Waals surface area contributed by atoms with Crippen molar-refractivity contribution in [2.24, 2.45) is 0 Å². The number of nitrogens with one attached hydrogen (secondary N) is 1. The van der Waals surface area contributed by atoms with Crippen molar-refractivity contribution in [3.8, 4) is 11.1 Å². The van der Waals surface area contributed by atoms with Crippen molar-refractivity contribution in [3.05, 3.63) is 64.8 Å². The summed E-state index contributed by atoms with van der Waals surface area (Å²) in [4.78, 5) is 42.4. The van der Waals surface area contributed by atoms with Crippen molar-refractivity contribution in [2.45, 2.75) is 24.3 Å². The van der Waals surface area contributed by atoms with E-state index in [0.29, 0.717) is 37.4 Å². The maximum Gasteiger partial charge on any atom is 0.286 e. The molecule has 2 aromatic carbocycles. The highest BCUT2D eigenvalue weighted by Gasteiger charge is 2.36. The van der Waals surface area contributed by atoms with Crippen LogP contribution in [-0.4, -0.2) is 83.4 Å². The SMILES string of the molecule is C.CS(=O)(=O)C(c1nnc(CC2SC(=O)NC2=O)o1)c1nc2ccc(-c3ccc(C(=O)N4CCOCC4)cc3)cc2s1. The number of nitrogens with zero attached hydrogens (tertiary/aromatic N) is 4. The van der Waals surface area contributed by atoms with Crippen LogP contribution < -0.4 is 5.32 Å². The highest BCUT2D eigenvalue weighted by Crippen LogP contribution is 2.37. The van der Waals surface area contributed by atoms with Crippen molar-refractivity contribution >= 4 is 60.2 Å². The average molecular weight is 630 g/mol. The lowest BCUT2D eigenvalue weighted by atomic mass is 10.0. The standard InChI is InChI=1S/C26H23N5O7S3.CH4/c1-41(35,36)21(23-30-29-20(38-23)13-19-22(32)28-26(34)40-19)24-27-17-7-6-16(12-18(17)39-24)14-2-4-15(5-3-14)25(33)31-8-10-37-11-9-31;/h2-7,12,19,21H,8-11,13H2,1H3,(H,28,32,34);1H4. The Kier molecular flexibility index (Phi) is 8.46. The van der Waals surface area contributed by atoms with Gasteiger partial charge in [0.05, 0.1) is 23.4 Å². The van der Waals surface area contributed by atoms with Crippen molar-refractivity contribution in [2.75, 3.05) is 32.6 Å². The van der Waals surface area contributed by atoms with Gasteiger partial charge in [-0.2, -0.15) is 0 Å². The number of imide groups is 1. The van der Waals surface area contributed by atoms with Gasteiger partial charge in [0.1, 0.15) is 10.3 Å². The Bertz CT molecular complexity index is 1760. The van der Waals surface area contributed by atoms with Crippen molar-refractivity contribution in [3.63, 3.8) is 0 Å². The fourth-order valence-electron chi connectivity index (χ4n) is 4.60. The first-order valence-electron chi connectivity index (χ1n) is 12.6. The molecule has 220 valence electrons. The number of hydrogen-bond acceptors (Lipinski definition) is 12. The molecule has 0 spiro atoms. The van der Waals surface area contributed by atoms with E-state index in [4.69, 9.17) is 9.15 Å². The number of fused-ring (bicyclic) bond motifs is 1. The van der Waals surface area contributed by atoms with Crippen LogP contribution in [0.25, 0.3) is 21.3 Å². The zero-order valence-corrected chi connectivity index (χ0v) is 24.1. The van der Waals surface area contributed by atoms with Crippen molar-refractivity contribution in [1.29, 1.82) is 0 Å². The van der Waals surface area contributed by atoms with Gasteiger partial charge < -0.3 is 14.1 Å². The highest BCUT2D eigenvalue weighted by atomic mass is 32.2. The zero-order valence-electron chi connectivity index (χ0n) is 21.6. The van der Waals surface area contributed by atoms with Crippen LogP contribution in [-0.2, 0) is 25.8 Å². The molecule has 2 aliphatic heterocycles. The summed E-state index contributed by atoms with van der Waals surface area (Å²) in [7, 11) is -3.77. The van der Waals surface area contributed by atoms with Gasteiger partial charge in [-0.05, 0) is 35.4 Å². The Morgan fingerprint density at radius 3 is 2.48 bits per heavy atom. The minimum Gasteiger partial charge on any atom is -0.423 e. The Morgan fingerprint density at radius 1 is 1.10 bits per heavy atom. The molecule has 1 N–H and O–H groups in total. The molecule has 6 rings (SSSR count). The van der Waals surface area contributed by atoms with E-state index in [0.717, 1.165) is 33.8 Å². The first-order chi connectivity index (χ1) is 19.7. The normalized spacial score (nSPS) is 18.1. The van der Waals surface area contributed by atoms with E-state index >= 15 is 0 Å². The number of thiazole rings is 1. The van der Waals surface area contributed by atoms with Gasteiger partial charge in [-0.1, -0.05) is 37.4 Å². The van der Waals surface area contributed by atoms with E-state index < -0.39 is 31.5 Å². The fraction of sp³-hybridized carbons (Fsp3) is 0.333. The van der Waals surface area contributed by atoms with E-state index in [2.05, 4.69) is 20.5 Å². The molecule has 2 unspecified atom stereocenters. The lowest BCUT2D eigenvalue weighted by molar-refractivity contribution is -0.119. The predicted octanol–water partition coefficient (Wildman–Crippen LogP) is 3.48. The van der Waals surface area contributed by atoms with Crippen molar-refractivity contribution < 1.29 is 32.0 Å². The van der Waals surface area contributed by atoms with Crippen LogP contribution in [0, 0.1) is 0 Å². The summed E-state index contributed by atoms with van der Waals surface area (Å²) < 4.78 is 37.4. The van der Waals surface area contributed by atoms with E-state index in [9.17, 15) is 22.8 Å². The molecule has 2 atom stereocenters. The molecule has 2 saturated heterocycles. The summed E-state index contributed by atoms with van der Waals surface area (Å²) in [5.74, 6) is -0.594. The lowest BCUT2D eigenvalue weighted by Crippen LogP contribution is -2.40. The minimum absolute atomic E-state index is 0. The summed E-state index contributed by atoms with van der Waals surface area (Å²) >= 11 is 2.02. The Morgan fingerprint density at radius 2 is 1.81 bits per heavy atom. The van der Waals surface area contributed by atoms with Gasteiger partial charge in [-0.3, -0.25) is 19.7 Å². The molecule has 12 nitrogen and oxygen atoms in total. The van der Waals surface area contributed by atoms with Gasteiger partial charge in [0.25, 0.3) is 11.1 Å². The van der Waals surface area contributed by atoms with Crippen LogP contribution in [0.2, 0.25) is 0 Å². The molecule has 2 fully saturated rings. The molecule has 2 aliphatic rings. The second kappa shape index (κ2) is 11.9. The number of carbonyl (C=O) groups excluding carboxylic acids is 3. The van der Waals surface area contributed by atoms with Gasteiger partial charge in [0, 0.05) is 31.3 Å². The summed E-state index contributed by atoms with van der Waals surface area (Å²) in [5, 5.41) is 7.84. The Labute approximate surface area is 249 Å². The second-order valence-corrected chi connectivity index (χ2v) is 13.9. The summed E-state index contributed by atoms with van der Waals surface area (Å²) in [6.45, 7) is 2.22. The number of benzene rings is 2. The molecular weight excluding hydrogens is 603 g/mol. The van der Waals surface area contributed by atoms with E-state index in [1.54, 1.807) is 17.0 Å². The van der Waals surface area contributed by atoms with Gasteiger partial charge in [-0.25, -0.2) is 13.4 Å². The largest absolute Gasteiger partial charge is 0.423 e. The van der Waals surface area contributed by atoms with Crippen LogP contribution >= 0.6 is 23.1 Å². The number of sulfone groups is 1. The smallest absolute Gasteiger partial charge is 0.286 e. The first-order valence-corrected chi connectivity index (χ1v) is 16.2. The Hall–Kier alpha value is -3.66. The third-order valence-corrected chi connectivity index (χ3v) is 10.1. The molecule has 4 heterocycles. The van der Waals surface area contributed by atoms with Gasteiger partial charge in [0.2, 0.25) is 17.7 Å². The topological polar surface area (TPSA) is 162 Å². The monoisotopic (exact) mass is 629 g/mol. The number of thioether (sulfide) groups is 1. The molecule has 15 heteroatoms. The van der Waals surface area contributed by atoms with Gasteiger partial charge in [-0.15, -0.1) is 21.5 Å². The lowest BCUT2D eigenvalue weighted by Gasteiger charge is -2.26. The number of aromatic nitrogens is 3. The second-order valence-electron chi connectivity index (χ2n) is 9.55. The number of rotatable bonds is 7. The van der Waals surface area contributed by atoms with E-state index in [1.807, 2.05) is 30.3 Å². The van der Waals surface area contributed by atoms with Crippen LogP contribution in [0.1, 0.15) is 39.8 Å². The molecule has 3 amide bonds. The Balaban J connectivity index is 0.00000353. The summed E-state index contributed by atoms with van der Waals surface area (Å²) in [6, 6.07) is 13.0. The van der Waals surface area contributed by atoms with Crippen LogP contribution in [0.3, 0.4) is 0 Å². The van der Waals surface area contributed by atoms with Gasteiger partial charge in [0.15, 0.2) is 15.1 Å². The molecule has 0 aliphatic carbocycles. The number of morpholine rings is 1. The number of carbonyl (C=O) groups is 3. The maximum atomic E-state index is 12.8. The number of hydrogen-bond donors (Lipinski definition) is 1. The molecular formula is C27H27N5O7S3. The molecule has 0 radical (unpaired) electrons. The summed E-state index contributed by atoms with van der Waals surface area (Å²) in [5.41, 5.74) is 2.99. The predicted molar refractivity (Wildman–Crippen MR) is 158 cm³/mol. The van der Waals surface area contributed by atoms with E-state index in [1.165, 1.54) is 11.3 Å². The number of ether oxygens (including phenoxy) is 1. The third-order valence-electron chi connectivity index (χ3n) is 6.65. The zero-order chi connectivity index (χ0) is 28.7. The molecule has 4 aromatic rings. The van der Waals surface area contributed by atoms with E-state index in [-0.39, 0.29) is 36.5 Å². The highest BCUT2D eigenvalue weighted by molar-refractivity contribution is 8.15. The third kappa shape index (κ3) is 6.09. The first kappa shape index (κ1) is 29.8. The average Bonchev–Trinajstić information content (AvgIpc) is 3.66. The van der Waals surface area contributed by atoms with Gasteiger partial charge >= 0.3 is 0 Å². The van der Waals surface area contributed by atoms with Crippen LogP contribution in [0.5, 0.6) is 0 Å². The van der Waals surface area contributed by atoms with Crippen molar-refractivity contribution in [1.82, 2.24) is 25.4 Å². The number of amides is 3. The summed E-state index contributed by atoms with van der Waals surface area (Å²) in [6.07, 6.45) is 1.06.